The molecule has 0 saturated heterocycles. The lowest BCUT2D eigenvalue weighted by Crippen LogP contribution is -2.43. The lowest BCUT2D eigenvalue weighted by Gasteiger charge is -2.14. The largest absolute Gasteiger partial charge is 0.480 e. The zero-order valence-corrected chi connectivity index (χ0v) is 12.8. The molecule has 2 aromatic rings. The number of carbonyl (C=O) groups is 2. The summed E-state index contributed by atoms with van der Waals surface area (Å²) in [6, 6.07) is 12.2. The molecule has 0 unspecified atom stereocenters. The van der Waals surface area contributed by atoms with Crippen molar-refractivity contribution in [2.45, 2.75) is 16.7 Å². The second-order valence-electron chi connectivity index (χ2n) is 4.37. The van der Waals surface area contributed by atoms with E-state index in [1.807, 2.05) is 47.8 Å². The monoisotopic (exact) mass is 321 g/mol. The van der Waals surface area contributed by atoms with E-state index in [1.165, 1.54) is 11.8 Å². The summed E-state index contributed by atoms with van der Waals surface area (Å²) in [7, 11) is 0. The van der Waals surface area contributed by atoms with Crippen LogP contribution < -0.4 is 5.32 Å². The Labute approximate surface area is 131 Å². The van der Waals surface area contributed by atoms with Gasteiger partial charge in [0.05, 0.1) is 9.96 Å². The summed E-state index contributed by atoms with van der Waals surface area (Å²) >= 11 is 2.97. The molecule has 0 radical (unpaired) electrons. The average molecular weight is 321 g/mol. The van der Waals surface area contributed by atoms with Gasteiger partial charge in [-0.1, -0.05) is 36.4 Å². The SMILES string of the molecule is O=C(CSc1cccs1)N[C@@H](Cc1ccccc1)C(=O)O. The van der Waals surface area contributed by atoms with Crippen LogP contribution in [0.4, 0.5) is 0 Å². The van der Waals surface area contributed by atoms with Crippen LogP contribution in [0.3, 0.4) is 0 Å². The van der Waals surface area contributed by atoms with Crippen LogP contribution in [-0.4, -0.2) is 28.8 Å². The maximum Gasteiger partial charge on any atom is 0.326 e. The van der Waals surface area contributed by atoms with Crippen molar-refractivity contribution >= 4 is 35.0 Å². The molecular weight excluding hydrogens is 306 g/mol. The summed E-state index contributed by atoms with van der Waals surface area (Å²) < 4.78 is 1.04. The summed E-state index contributed by atoms with van der Waals surface area (Å²) in [5.74, 6) is -1.07. The van der Waals surface area contributed by atoms with Crippen LogP contribution in [0.25, 0.3) is 0 Å². The number of thioether (sulfide) groups is 1. The van der Waals surface area contributed by atoms with Crippen molar-refractivity contribution in [2.24, 2.45) is 0 Å². The van der Waals surface area contributed by atoms with Gasteiger partial charge < -0.3 is 10.4 Å². The molecule has 2 N–H and O–H groups in total. The first-order valence-corrected chi connectivity index (χ1v) is 8.24. The number of rotatable bonds is 7. The van der Waals surface area contributed by atoms with Gasteiger partial charge in [0.2, 0.25) is 5.91 Å². The van der Waals surface area contributed by atoms with E-state index >= 15 is 0 Å². The predicted molar refractivity (Wildman–Crippen MR) is 84.8 cm³/mol. The van der Waals surface area contributed by atoms with Crippen molar-refractivity contribution in [3.8, 4) is 0 Å². The van der Waals surface area contributed by atoms with Crippen LogP contribution >= 0.6 is 23.1 Å². The summed E-state index contributed by atoms with van der Waals surface area (Å²) in [6.07, 6.45) is 0.283. The Balaban J connectivity index is 1.87. The van der Waals surface area contributed by atoms with Crippen LogP contribution in [0.15, 0.2) is 52.1 Å². The molecule has 1 atom stereocenters. The van der Waals surface area contributed by atoms with Gasteiger partial charge >= 0.3 is 5.97 Å². The van der Waals surface area contributed by atoms with E-state index in [2.05, 4.69) is 5.32 Å². The number of carbonyl (C=O) groups excluding carboxylic acids is 1. The minimum atomic E-state index is -1.02. The fraction of sp³-hybridized carbons (Fsp3) is 0.200. The van der Waals surface area contributed by atoms with E-state index in [-0.39, 0.29) is 18.1 Å². The van der Waals surface area contributed by atoms with Crippen molar-refractivity contribution in [3.05, 3.63) is 53.4 Å². The van der Waals surface area contributed by atoms with Gasteiger partial charge in [0, 0.05) is 6.42 Å². The zero-order chi connectivity index (χ0) is 15.1. The lowest BCUT2D eigenvalue weighted by atomic mass is 10.1. The van der Waals surface area contributed by atoms with Crippen LogP contribution in [-0.2, 0) is 16.0 Å². The summed E-state index contributed by atoms with van der Waals surface area (Å²) in [6.45, 7) is 0. The second kappa shape index (κ2) is 7.85. The molecule has 0 aliphatic heterocycles. The molecule has 0 bridgehead atoms. The van der Waals surface area contributed by atoms with Gasteiger partial charge in [0.15, 0.2) is 0 Å². The third-order valence-electron chi connectivity index (χ3n) is 2.76. The quantitative estimate of drug-likeness (QED) is 0.770. The number of nitrogens with one attached hydrogen (secondary N) is 1. The fourth-order valence-corrected chi connectivity index (χ4v) is 3.36. The smallest absolute Gasteiger partial charge is 0.326 e. The average Bonchev–Trinajstić information content (AvgIpc) is 2.99. The predicted octanol–water partition coefficient (Wildman–Crippen LogP) is 2.65. The maximum absolute atomic E-state index is 11.9. The Morgan fingerprint density at radius 3 is 2.57 bits per heavy atom. The summed E-state index contributed by atoms with van der Waals surface area (Å²) in [5, 5.41) is 13.7. The molecule has 1 heterocycles. The van der Waals surface area contributed by atoms with Crippen LogP contribution in [0.2, 0.25) is 0 Å². The topological polar surface area (TPSA) is 66.4 Å². The Morgan fingerprint density at radius 2 is 1.95 bits per heavy atom. The molecular formula is C15H15NO3S2. The van der Waals surface area contributed by atoms with Gasteiger partial charge in [0.1, 0.15) is 6.04 Å². The van der Waals surface area contributed by atoms with E-state index in [0.29, 0.717) is 0 Å². The number of hydrogen-bond acceptors (Lipinski definition) is 4. The third kappa shape index (κ3) is 5.24. The molecule has 110 valence electrons. The van der Waals surface area contributed by atoms with Crippen LogP contribution in [0, 0.1) is 0 Å². The van der Waals surface area contributed by atoms with E-state index in [4.69, 9.17) is 0 Å². The molecule has 0 aliphatic carbocycles. The Bertz CT molecular complexity index is 584. The Kier molecular flexibility index (Phi) is 5.83. The molecule has 0 aliphatic rings. The fourth-order valence-electron chi connectivity index (χ4n) is 1.77. The number of aliphatic carboxylic acids is 1. The van der Waals surface area contributed by atoms with Crippen LogP contribution in [0.5, 0.6) is 0 Å². The number of carboxylic acids is 1. The van der Waals surface area contributed by atoms with Gasteiger partial charge in [-0.05, 0) is 17.0 Å². The summed E-state index contributed by atoms with van der Waals surface area (Å²) in [5.41, 5.74) is 0.885. The highest BCUT2D eigenvalue weighted by molar-refractivity contribution is 8.01. The van der Waals surface area contributed by atoms with Gasteiger partial charge in [-0.2, -0.15) is 0 Å². The van der Waals surface area contributed by atoms with Crippen molar-refractivity contribution in [1.82, 2.24) is 5.32 Å². The highest BCUT2D eigenvalue weighted by atomic mass is 32.2. The minimum Gasteiger partial charge on any atom is -0.480 e. The molecule has 0 spiro atoms. The van der Waals surface area contributed by atoms with Crippen molar-refractivity contribution in [3.63, 3.8) is 0 Å². The molecule has 2 rings (SSSR count). The molecule has 21 heavy (non-hydrogen) atoms. The van der Waals surface area contributed by atoms with Crippen LogP contribution in [0.1, 0.15) is 5.56 Å². The number of amides is 1. The highest BCUT2D eigenvalue weighted by Gasteiger charge is 2.20. The Morgan fingerprint density at radius 1 is 1.19 bits per heavy atom. The highest BCUT2D eigenvalue weighted by Crippen LogP contribution is 2.22. The third-order valence-corrected chi connectivity index (χ3v) is 4.89. The molecule has 1 aromatic heterocycles. The standard InChI is InChI=1S/C15H15NO3S2/c17-13(10-21-14-7-4-8-20-14)16-12(15(18)19)9-11-5-2-1-3-6-11/h1-8,12H,9-10H2,(H,16,17)(H,18,19)/t12-/m0/s1. The molecule has 6 heteroatoms. The lowest BCUT2D eigenvalue weighted by molar-refractivity contribution is -0.141. The number of benzene rings is 1. The van der Waals surface area contributed by atoms with Crippen molar-refractivity contribution in [2.75, 3.05) is 5.75 Å². The van der Waals surface area contributed by atoms with Gasteiger partial charge in [-0.15, -0.1) is 23.1 Å². The minimum absolute atomic E-state index is 0.221. The number of hydrogen-bond donors (Lipinski definition) is 2. The van der Waals surface area contributed by atoms with E-state index in [0.717, 1.165) is 9.77 Å². The van der Waals surface area contributed by atoms with Gasteiger partial charge in [-0.3, -0.25) is 4.79 Å². The molecule has 4 nitrogen and oxygen atoms in total. The number of carboxylic acid groups (broad SMARTS) is 1. The molecule has 1 amide bonds. The first kappa shape index (κ1) is 15.6. The normalized spacial score (nSPS) is 11.8. The Hall–Kier alpha value is -1.79. The second-order valence-corrected chi connectivity index (χ2v) is 6.59. The van der Waals surface area contributed by atoms with E-state index < -0.39 is 12.0 Å². The van der Waals surface area contributed by atoms with Gasteiger partial charge in [-0.25, -0.2) is 4.79 Å². The molecule has 0 saturated carbocycles. The molecule has 0 fully saturated rings. The number of thiophene rings is 1. The molecule has 1 aromatic carbocycles. The maximum atomic E-state index is 11.9. The van der Waals surface area contributed by atoms with Crippen molar-refractivity contribution < 1.29 is 14.7 Å². The first-order valence-electron chi connectivity index (χ1n) is 6.37. The zero-order valence-electron chi connectivity index (χ0n) is 11.2. The van der Waals surface area contributed by atoms with E-state index in [9.17, 15) is 14.7 Å². The first-order chi connectivity index (χ1) is 10.1. The van der Waals surface area contributed by atoms with Crippen molar-refractivity contribution in [1.29, 1.82) is 0 Å². The van der Waals surface area contributed by atoms with E-state index in [1.54, 1.807) is 11.3 Å². The summed E-state index contributed by atoms with van der Waals surface area (Å²) in [4.78, 5) is 23.1. The van der Waals surface area contributed by atoms with Gasteiger partial charge in [0.25, 0.3) is 0 Å².